The summed E-state index contributed by atoms with van der Waals surface area (Å²) in [6, 6.07) is 8.20. The van der Waals surface area contributed by atoms with Crippen LogP contribution in [0.4, 0.5) is 0 Å². The monoisotopic (exact) mass is 293 g/mol. The zero-order valence-electron chi connectivity index (χ0n) is 12.2. The Labute approximate surface area is 127 Å². The number of imidazole rings is 1. The van der Waals surface area contributed by atoms with Crippen molar-refractivity contribution in [2.75, 3.05) is 0 Å². The minimum Gasteiger partial charge on any atom is -0.350 e. The third-order valence-electron chi connectivity index (χ3n) is 3.75. The minimum atomic E-state index is 0.636. The zero-order chi connectivity index (χ0) is 14.9. The van der Waals surface area contributed by atoms with Crippen molar-refractivity contribution in [3.05, 3.63) is 55.1 Å². The maximum Gasteiger partial charge on any atom is 0.228 e. The van der Waals surface area contributed by atoms with E-state index in [0.29, 0.717) is 18.1 Å². The van der Waals surface area contributed by atoms with Gasteiger partial charge in [0, 0.05) is 55.1 Å². The fraction of sp³-hybridized carbons (Fsp3) is 0.188. The van der Waals surface area contributed by atoms with E-state index < -0.39 is 0 Å². The molecule has 0 radical (unpaired) electrons. The van der Waals surface area contributed by atoms with E-state index in [1.165, 1.54) is 0 Å². The van der Waals surface area contributed by atoms with E-state index in [4.69, 9.17) is 4.52 Å². The minimum absolute atomic E-state index is 0.636. The lowest BCUT2D eigenvalue weighted by Crippen LogP contribution is -1.98. The lowest BCUT2D eigenvalue weighted by Gasteiger charge is -1.96. The van der Waals surface area contributed by atoms with E-state index in [1.807, 2.05) is 36.1 Å². The number of fused-ring (bicyclic) bond motifs is 1. The van der Waals surface area contributed by atoms with Gasteiger partial charge in [0.2, 0.25) is 11.7 Å². The number of aryl methyl sites for hydroxylation is 3. The number of hydrogen-bond acceptors (Lipinski definition) is 4. The third-order valence-corrected chi connectivity index (χ3v) is 3.75. The van der Waals surface area contributed by atoms with Crippen molar-refractivity contribution >= 4 is 10.9 Å². The van der Waals surface area contributed by atoms with Crippen LogP contribution >= 0.6 is 0 Å². The Morgan fingerprint density at radius 3 is 3.00 bits per heavy atom. The highest BCUT2D eigenvalue weighted by Crippen LogP contribution is 2.28. The molecule has 0 aliphatic heterocycles. The molecule has 0 N–H and O–H groups in total. The molecule has 0 atom stereocenters. The van der Waals surface area contributed by atoms with Crippen LogP contribution in [0.15, 0.2) is 53.7 Å². The third kappa shape index (κ3) is 2.18. The summed E-state index contributed by atoms with van der Waals surface area (Å²) in [7, 11) is 2.02. The molecule has 0 saturated heterocycles. The van der Waals surface area contributed by atoms with Crippen LogP contribution in [0.1, 0.15) is 5.89 Å². The normalized spacial score (nSPS) is 11.3. The lowest BCUT2D eigenvalue weighted by molar-refractivity contribution is 0.372. The van der Waals surface area contributed by atoms with Crippen LogP contribution in [0, 0.1) is 0 Å². The second-order valence-electron chi connectivity index (χ2n) is 5.23. The fourth-order valence-electron chi connectivity index (χ4n) is 2.63. The predicted molar refractivity (Wildman–Crippen MR) is 82.1 cm³/mol. The SMILES string of the molecule is Cn1cc(-c2noc(CCn3ccnc3)n2)c2ccccc21. The molecule has 0 amide bonds. The van der Waals surface area contributed by atoms with E-state index >= 15 is 0 Å². The molecule has 0 bridgehead atoms. The standard InChI is InChI=1S/C16H15N5O/c1-20-10-13(12-4-2-3-5-14(12)20)16-18-15(22-19-16)6-8-21-9-7-17-11-21/h2-5,7,9-11H,6,8H2,1H3. The largest absolute Gasteiger partial charge is 0.350 e. The smallest absolute Gasteiger partial charge is 0.228 e. The Kier molecular flexibility index (Phi) is 3.00. The molecule has 0 aliphatic rings. The summed E-state index contributed by atoms with van der Waals surface area (Å²) in [5, 5.41) is 5.26. The molecule has 22 heavy (non-hydrogen) atoms. The number of nitrogens with zero attached hydrogens (tertiary/aromatic N) is 5. The maximum atomic E-state index is 5.37. The van der Waals surface area contributed by atoms with Crippen molar-refractivity contribution in [2.24, 2.45) is 7.05 Å². The van der Waals surface area contributed by atoms with Gasteiger partial charge >= 0.3 is 0 Å². The van der Waals surface area contributed by atoms with Crippen molar-refractivity contribution in [1.29, 1.82) is 0 Å². The van der Waals surface area contributed by atoms with Crippen LogP contribution in [-0.4, -0.2) is 24.3 Å². The molecule has 0 saturated carbocycles. The lowest BCUT2D eigenvalue weighted by atomic mass is 10.2. The molecule has 0 unspecified atom stereocenters. The van der Waals surface area contributed by atoms with Gasteiger partial charge in [-0.3, -0.25) is 0 Å². The van der Waals surface area contributed by atoms with Crippen LogP contribution in [0.25, 0.3) is 22.3 Å². The summed E-state index contributed by atoms with van der Waals surface area (Å²) in [4.78, 5) is 8.54. The van der Waals surface area contributed by atoms with Crippen LogP contribution in [0.3, 0.4) is 0 Å². The van der Waals surface area contributed by atoms with Crippen LogP contribution in [0.2, 0.25) is 0 Å². The number of para-hydroxylation sites is 1. The average molecular weight is 293 g/mol. The summed E-state index contributed by atoms with van der Waals surface area (Å²) in [6.45, 7) is 0.775. The van der Waals surface area contributed by atoms with E-state index in [9.17, 15) is 0 Å². The highest BCUT2D eigenvalue weighted by atomic mass is 16.5. The number of benzene rings is 1. The summed E-state index contributed by atoms with van der Waals surface area (Å²) in [6.07, 6.45) is 8.18. The van der Waals surface area contributed by atoms with E-state index in [2.05, 4.69) is 31.8 Å². The highest BCUT2D eigenvalue weighted by molar-refractivity contribution is 5.94. The molecular formula is C16H15N5O. The van der Waals surface area contributed by atoms with Gasteiger partial charge in [-0.1, -0.05) is 23.4 Å². The van der Waals surface area contributed by atoms with E-state index in [0.717, 1.165) is 23.0 Å². The maximum absolute atomic E-state index is 5.37. The van der Waals surface area contributed by atoms with Gasteiger partial charge in [-0.25, -0.2) is 4.98 Å². The molecule has 0 aliphatic carbocycles. The quantitative estimate of drug-likeness (QED) is 0.580. The molecule has 3 heterocycles. The van der Waals surface area contributed by atoms with Gasteiger partial charge in [-0.2, -0.15) is 4.98 Å². The van der Waals surface area contributed by atoms with Gasteiger partial charge in [0.25, 0.3) is 0 Å². The van der Waals surface area contributed by atoms with Crippen molar-refractivity contribution < 1.29 is 4.52 Å². The summed E-state index contributed by atoms with van der Waals surface area (Å²) in [5.74, 6) is 1.27. The number of rotatable bonds is 4. The molecule has 4 aromatic rings. The van der Waals surface area contributed by atoms with E-state index in [-0.39, 0.29) is 0 Å². The van der Waals surface area contributed by atoms with Gasteiger partial charge in [0.15, 0.2) is 0 Å². The van der Waals surface area contributed by atoms with Gasteiger partial charge in [-0.15, -0.1) is 0 Å². The topological polar surface area (TPSA) is 61.7 Å². The fourth-order valence-corrected chi connectivity index (χ4v) is 2.63. The van der Waals surface area contributed by atoms with Crippen LogP contribution in [-0.2, 0) is 20.0 Å². The average Bonchev–Trinajstić information content (AvgIpc) is 3.26. The molecule has 3 aromatic heterocycles. The van der Waals surface area contributed by atoms with Crippen molar-refractivity contribution in [2.45, 2.75) is 13.0 Å². The van der Waals surface area contributed by atoms with Crippen molar-refractivity contribution in [1.82, 2.24) is 24.3 Å². The molecule has 4 rings (SSSR count). The molecule has 110 valence electrons. The molecule has 6 heteroatoms. The van der Waals surface area contributed by atoms with Gasteiger partial charge in [-0.05, 0) is 6.07 Å². The Morgan fingerprint density at radius 1 is 1.23 bits per heavy atom. The first kappa shape index (κ1) is 12.8. The predicted octanol–water partition coefficient (Wildman–Crippen LogP) is 2.67. The Hall–Kier alpha value is -2.89. The number of hydrogen-bond donors (Lipinski definition) is 0. The first-order valence-electron chi connectivity index (χ1n) is 7.14. The summed E-state index contributed by atoms with van der Waals surface area (Å²) in [5.41, 5.74) is 2.15. The first-order chi connectivity index (χ1) is 10.8. The second kappa shape index (κ2) is 5.14. The molecular weight excluding hydrogens is 278 g/mol. The second-order valence-corrected chi connectivity index (χ2v) is 5.23. The summed E-state index contributed by atoms with van der Waals surface area (Å²) >= 11 is 0. The number of aromatic nitrogens is 5. The van der Waals surface area contributed by atoms with Gasteiger partial charge in [0.1, 0.15) is 0 Å². The van der Waals surface area contributed by atoms with Gasteiger partial charge in [0.05, 0.1) is 6.33 Å². The molecule has 0 fully saturated rings. The molecule has 0 spiro atoms. The van der Waals surface area contributed by atoms with Crippen LogP contribution in [0.5, 0.6) is 0 Å². The highest BCUT2D eigenvalue weighted by Gasteiger charge is 2.14. The van der Waals surface area contributed by atoms with Crippen molar-refractivity contribution in [3.63, 3.8) is 0 Å². The van der Waals surface area contributed by atoms with E-state index in [1.54, 1.807) is 12.5 Å². The van der Waals surface area contributed by atoms with Crippen LogP contribution < -0.4 is 0 Å². The zero-order valence-corrected chi connectivity index (χ0v) is 12.2. The Bertz CT molecular complexity index is 904. The first-order valence-corrected chi connectivity index (χ1v) is 7.14. The van der Waals surface area contributed by atoms with Gasteiger partial charge < -0.3 is 13.7 Å². The Balaban J connectivity index is 1.62. The summed E-state index contributed by atoms with van der Waals surface area (Å²) < 4.78 is 9.43. The van der Waals surface area contributed by atoms with Crippen molar-refractivity contribution in [3.8, 4) is 11.4 Å². The Morgan fingerprint density at radius 2 is 2.14 bits per heavy atom. The molecule has 6 nitrogen and oxygen atoms in total. The molecule has 1 aromatic carbocycles.